The van der Waals surface area contributed by atoms with Crippen LogP contribution in [0.5, 0.6) is 5.75 Å². The molecule has 1 aromatic carbocycles. The lowest BCUT2D eigenvalue weighted by Gasteiger charge is -2.12. The average Bonchev–Trinajstić information content (AvgIpc) is 2.19. The van der Waals surface area contributed by atoms with Crippen LogP contribution in [-0.4, -0.2) is 32.1 Å². The largest absolute Gasteiger partial charge is 0.489 e. The van der Waals surface area contributed by atoms with E-state index in [0.29, 0.717) is 6.61 Å². The number of hydrogen-bond acceptors (Lipinski definition) is 3. The van der Waals surface area contributed by atoms with Crippen molar-refractivity contribution in [1.29, 1.82) is 0 Å². The van der Waals surface area contributed by atoms with Crippen LogP contribution in [0.15, 0.2) is 18.2 Å². The molecule has 0 heterocycles. The van der Waals surface area contributed by atoms with Gasteiger partial charge in [-0.05, 0) is 38.7 Å². The van der Waals surface area contributed by atoms with Crippen molar-refractivity contribution in [1.82, 2.24) is 4.90 Å². The second kappa shape index (κ2) is 5.82. The number of nitrogens with two attached hydrogens (primary N) is 1. The first-order valence-corrected chi connectivity index (χ1v) is 5.33. The molecule has 0 aliphatic heterocycles. The van der Waals surface area contributed by atoms with Gasteiger partial charge in [-0.15, -0.1) is 0 Å². The fourth-order valence-electron chi connectivity index (χ4n) is 1.26. The van der Waals surface area contributed by atoms with Gasteiger partial charge in [-0.1, -0.05) is 6.07 Å². The molecular weight excluding hydrogens is 207 g/mol. The van der Waals surface area contributed by atoms with Crippen LogP contribution in [0.3, 0.4) is 0 Å². The lowest BCUT2D eigenvalue weighted by atomic mass is 10.1. The Morgan fingerprint density at radius 3 is 2.62 bits per heavy atom. The fourth-order valence-corrected chi connectivity index (χ4v) is 1.26. The topological polar surface area (TPSA) is 38.5 Å². The van der Waals surface area contributed by atoms with Crippen molar-refractivity contribution >= 4 is 0 Å². The lowest BCUT2D eigenvalue weighted by Crippen LogP contribution is -2.19. The van der Waals surface area contributed by atoms with E-state index < -0.39 is 0 Å². The van der Waals surface area contributed by atoms with Gasteiger partial charge in [-0.2, -0.15) is 0 Å². The third kappa shape index (κ3) is 3.79. The van der Waals surface area contributed by atoms with Crippen LogP contribution in [0.2, 0.25) is 0 Å². The minimum absolute atomic E-state index is 0.162. The molecule has 4 heteroatoms. The molecule has 0 spiro atoms. The highest BCUT2D eigenvalue weighted by molar-refractivity contribution is 5.30. The number of hydrogen-bond donors (Lipinski definition) is 1. The molecule has 0 radical (unpaired) electrons. The van der Waals surface area contributed by atoms with E-state index in [4.69, 9.17) is 10.5 Å². The maximum Gasteiger partial charge on any atom is 0.165 e. The van der Waals surface area contributed by atoms with E-state index in [-0.39, 0.29) is 17.6 Å². The third-order valence-electron chi connectivity index (χ3n) is 2.28. The molecule has 1 aromatic rings. The number of nitrogens with zero attached hydrogens (tertiary/aromatic N) is 1. The highest BCUT2D eigenvalue weighted by Gasteiger charge is 2.07. The quantitative estimate of drug-likeness (QED) is 0.831. The summed E-state index contributed by atoms with van der Waals surface area (Å²) in [6.45, 7) is 3.05. The van der Waals surface area contributed by atoms with Crippen molar-refractivity contribution in [2.24, 2.45) is 5.73 Å². The maximum absolute atomic E-state index is 13.5. The maximum atomic E-state index is 13.5. The molecule has 0 aromatic heterocycles. The average molecular weight is 226 g/mol. The third-order valence-corrected chi connectivity index (χ3v) is 2.28. The summed E-state index contributed by atoms with van der Waals surface area (Å²) in [4.78, 5) is 1.98. The van der Waals surface area contributed by atoms with E-state index in [1.54, 1.807) is 12.1 Å². The Kier molecular flexibility index (Phi) is 4.71. The molecule has 0 saturated carbocycles. The van der Waals surface area contributed by atoms with Crippen LogP contribution in [0.4, 0.5) is 4.39 Å². The lowest BCUT2D eigenvalue weighted by molar-refractivity contribution is 0.252. The first-order valence-electron chi connectivity index (χ1n) is 5.33. The summed E-state index contributed by atoms with van der Waals surface area (Å²) in [5.41, 5.74) is 6.43. The van der Waals surface area contributed by atoms with Gasteiger partial charge in [0.25, 0.3) is 0 Å². The fraction of sp³-hybridized carbons (Fsp3) is 0.500. The van der Waals surface area contributed by atoms with Gasteiger partial charge in [0.1, 0.15) is 6.61 Å². The van der Waals surface area contributed by atoms with Crippen molar-refractivity contribution in [2.45, 2.75) is 13.0 Å². The Balaban J connectivity index is 2.61. The van der Waals surface area contributed by atoms with Crippen LogP contribution in [0.25, 0.3) is 0 Å². The van der Waals surface area contributed by atoms with Gasteiger partial charge < -0.3 is 15.4 Å². The first-order chi connectivity index (χ1) is 7.50. The SMILES string of the molecule is CC(N)c1ccc(OCCN(C)C)c(F)c1. The van der Waals surface area contributed by atoms with Gasteiger partial charge in [0.05, 0.1) is 0 Å². The van der Waals surface area contributed by atoms with Crippen molar-refractivity contribution in [3.05, 3.63) is 29.6 Å². The number of likely N-dealkylation sites (N-methyl/N-ethyl adjacent to an activating group) is 1. The molecular formula is C12H19FN2O. The first kappa shape index (κ1) is 12.9. The van der Waals surface area contributed by atoms with E-state index in [1.165, 1.54) is 6.07 Å². The molecule has 90 valence electrons. The molecule has 0 fully saturated rings. The van der Waals surface area contributed by atoms with E-state index in [1.807, 2.05) is 25.9 Å². The molecule has 16 heavy (non-hydrogen) atoms. The van der Waals surface area contributed by atoms with Crippen LogP contribution in [0.1, 0.15) is 18.5 Å². The zero-order valence-corrected chi connectivity index (χ0v) is 10.0. The molecule has 0 amide bonds. The summed E-state index contributed by atoms with van der Waals surface area (Å²) >= 11 is 0. The molecule has 1 atom stereocenters. The Morgan fingerprint density at radius 1 is 1.44 bits per heavy atom. The predicted molar refractivity (Wildman–Crippen MR) is 63.1 cm³/mol. The Hall–Kier alpha value is -1.13. The van der Waals surface area contributed by atoms with Gasteiger partial charge in [0.2, 0.25) is 0 Å². The standard InChI is InChI=1S/C12H19FN2O/c1-9(14)10-4-5-12(11(13)8-10)16-7-6-15(2)3/h4-5,8-9H,6-7,14H2,1-3H3. The van der Waals surface area contributed by atoms with E-state index in [9.17, 15) is 4.39 Å². The smallest absolute Gasteiger partial charge is 0.165 e. The van der Waals surface area contributed by atoms with E-state index >= 15 is 0 Å². The molecule has 1 unspecified atom stereocenters. The molecule has 0 saturated heterocycles. The Bertz CT molecular complexity index is 340. The van der Waals surface area contributed by atoms with Crippen molar-refractivity contribution < 1.29 is 9.13 Å². The number of rotatable bonds is 5. The van der Waals surface area contributed by atoms with Gasteiger partial charge in [0.15, 0.2) is 11.6 Å². The summed E-state index contributed by atoms with van der Waals surface area (Å²) in [5.74, 6) is -0.0696. The summed E-state index contributed by atoms with van der Waals surface area (Å²) in [7, 11) is 3.89. The van der Waals surface area contributed by atoms with Gasteiger partial charge in [-0.3, -0.25) is 0 Å². The van der Waals surface area contributed by atoms with Gasteiger partial charge >= 0.3 is 0 Å². The summed E-state index contributed by atoms with van der Waals surface area (Å²) in [5, 5.41) is 0. The second-order valence-electron chi connectivity index (χ2n) is 4.13. The van der Waals surface area contributed by atoms with Crippen LogP contribution in [0, 0.1) is 5.82 Å². The van der Waals surface area contributed by atoms with Crippen molar-refractivity contribution in [2.75, 3.05) is 27.2 Å². The molecule has 3 nitrogen and oxygen atoms in total. The zero-order valence-electron chi connectivity index (χ0n) is 10.0. The minimum Gasteiger partial charge on any atom is -0.489 e. The van der Waals surface area contributed by atoms with Crippen LogP contribution < -0.4 is 10.5 Å². The molecule has 0 bridgehead atoms. The molecule has 0 aliphatic carbocycles. The van der Waals surface area contributed by atoms with Crippen LogP contribution >= 0.6 is 0 Å². The minimum atomic E-state index is -0.353. The van der Waals surface area contributed by atoms with Gasteiger partial charge in [0, 0.05) is 12.6 Å². The Morgan fingerprint density at radius 2 is 2.12 bits per heavy atom. The summed E-state index contributed by atoms with van der Waals surface area (Å²) < 4.78 is 18.9. The highest BCUT2D eigenvalue weighted by Crippen LogP contribution is 2.20. The highest BCUT2D eigenvalue weighted by atomic mass is 19.1. The van der Waals surface area contributed by atoms with Gasteiger partial charge in [-0.25, -0.2) is 4.39 Å². The molecule has 0 aliphatic rings. The van der Waals surface area contributed by atoms with Crippen molar-refractivity contribution in [3.63, 3.8) is 0 Å². The summed E-state index contributed by atoms with van der Waals surface area (Å²) in [6, 6.07) is 4.68. The summed E-state index contributed by atoms with van der Waals surface area (Å²) in [6.07, 6.45) is 0. The molecule has 2 N–H and O–H groups in total. The normalized spacial score (nSPS) is 12.9. The number of ether oxygens (including phenoxy) is 1. The second-order valence-corrected chi connectivity index (χ2v) is 4.13. The van der Waals surface area contributed by atoms with E-state index in [2.05, 4.69) is 0 Å². The van der Waals surface area contributed by atoms with Crippen molar-refractivity contribution in [3.8, 4) is 5.75 Å². The molecule has 1 rings (SSSR count). The number of halogens is 1. The Labute approximate surface area is 96.0 Å². The monoisotopic (exact) mass is 226 g/mol. The van der Waals surface area contributed by atoms with E-state index in [0.717, 1.165) is 12.1 Å². The predicted octanol–water partition coefficient (Wildman–Crippen LogP) is 1.79. The van der Waals surface area contributed by atoms with Crippen LogP contribution in [-0.2, 0) is 0 Å². The zero-order chi connectivity index (χ0) is 12.1. The number of benzene rings is 1.